The predicted molar refractivity (Wildman–Crippen MR) is 86.8 cm³/mol. The van der Waals surface area contributed by atoms with Gasteiger partial charge in [-0.1, -0.05) is 24.8 Å². The summed E-state index contributed by atoms with van der Waals surface area (Å²) in [5.74, 6) is 1.82. The second-order valence-corrected chi connectivity index (χ2v) is 6.55. The summed E-state index contributed by atoms with van der Waals surface area (Å²) in [6.07, 6.45) is 1.84. The Morgan fingerprint density at radius 1 is 1.45 bits per heavy atom. The maximum absolute atomic E-state index is 5.46. The molecule has 0 radical (unpaired) electrons. The number of nitrogens with one attached hydrogen (secondary N) is 1. The van der Waals surface area contributed by atoms with Crippen molar-refractivity contribution in [2.45, 2.75) is 30.0 Å². The van der Waals surface area contributed by atoms with Crippen LogP contribution in [-0.2, 0) is 5.75 Å². The molecule has 0 spiro atoms. The van der Waals surface area contributed by atoms with E-state index in [0.29, 0.717) is 6.04 Å². The molecule has 1 N–H and O–H groups in total. The smallest absolute Gasteiger partial charge is 0.150 e. The molecule has 0 aliphatic rings. The third kappa shape index (κ3) is 3.98. The zero-order valence-electron chi connectivity index (χ0n) is 12.1. The van der Waals surface area contributed by atoms with E-state index in [4.69, 9.17) is 4.74 Å². The zero-order chi connectivity index (χ0) is 14.4. The Labute approximate surface area is 128 Å². The molecule has 0 aliphatic heterocycles. The maximum atomic E-state index is 5.46. The Morgan fingerprint density at radius 2 is 2.30 bits per heavy atom. The highest BCUT2D eigenvalue weighted by Crippen LogP contribution is 2.30. The van der Waals surface area contributed by atoms with Gasteiger partial charge in [0.1, 0.15) is 10.1 Å². The lowest BCUT2D eigenvalue weighted by atomic mass is 10.0. The number of nitrogens with zero attached hydrogens (tertiary/aromatic N) is 1. The van der Waals surface area contributed by atoms with Gasteiger partial charge in [-0.2, -0.15) is 0 Å². The third-order valence-corrected chi connectivity index (χ3v) is 5.09. The molecular formula is C15H20N2OS2. The normalized spacial score (nSPS) is 12.3. The molecule has 1 atom stereocenters. The van der Waals surface area contributed by atoms with Crippen molar-refractivity contribution in [1.29, 1.82) is 0 Å². The van der Waals surface area contributed by atoms with E-state index in [9.17, 15) is 0 Å². The van der Waals surface area contributed by atoms with Gasteiger partial charge in [0.2, 0.25) is 0 Å². The molecule has 3 nitrogen and oxygen atoms in total. The largest absolute Gasteiger partial charge is 0.496 e. The van der Waals surface area contributed by atoms with Crippen molar-refractivity contribution in [2.24, 2.45) is 0 Å². The monoisotopic (exact) mass is 308 g/mol. The van der Waals surface area contributed by atoms with Gasteiger partial charge >= 0.3 is 0 Å². The van der Waals surface area contributed by atoms with Crippen LogP contribution in [0.2, 0.25) is 0 Å². The van der Waals surface area contributed by atoms with Gasteiger partial charge in [-0.3, -0.25) is 0 Å². The second kappa shape index (κ2) is 7.67. The molecule has 2 aromatic rings. The van der Waals surface area contributed by atoms with Crippen LogP contribution in [-0.4, -0.2) is 18.6 Å². The lowest BCUT2D eigenvalue weighted by Gasteiger charge is -2.16. The van der Waals surface area contributed by atoms with Crippen LogP contribution >= 0.6 is 23.1 Å². The van der Waals surface area contributed by atoms with Crippen LogP contribution in [0.25, 0.3) is 0 Å². The van der Waals surface area contributed by atoms with Crippen molar-refractivity contribution in [3.63, 3.8) is 0 Å². The fourth-order valence-corrected chi connectivity index (χ4v) is 3.64. The molecule has 5 heteroatoms. The number of thioether (sulfide) groups is 1. The van der Waals surface area contributed by atoms with Crippen LogP contribution < -0.4 is 10.1 Å². The fourth-order valence-electron chi connectivity index (χ4n) is 2.03. The van der Waals surface area contributed by atoms with Crippen LogP contribution in [0.4, 0.5) is 0 Å². The molecule has 108 valence electrons. The van der Waals surface area contributed by atoms with Gasteiger partial charge in [-0.15, -0.1) is 11.3 Å². The van der Waals surface area contributed by atoms with E-state index >= 15 is 0 Å². The molecule has 0 saturated carbocycles. The van der Waals surface area contributed by atoms with Gasteiger partial charge < -0.3 is 10.1 Å². The molecule has 1 unspecified atom stereocenters. The van der Waals surface area contributed by atoms with Crippen molar-refractivity contribution < 1.29 is 4.74 Å². The maximum Gasteiger partial charge on any atom is 0.150 e. The first kappa shape index (κ1) is 15.4. The standard InChI is InChI=1S/C15H20N2OS2/c1-4-16-11(2)12-5-6-14(18-3)13(9-12)10-20-15-17-7-8-19-15/h5-9,11,16H,4,10H2,1-3H3. The van der Waals surface area contributed by atoms with Gasteiger partial charge in [0, 0.05) is 28.9 Å². The fraction of sp³-hybridized carbons (Fsp3) is 0.400. The van der Waals surface area contributed by atoms with E-state index in [1.165, 1.54) is 11.1 Å². The third-order valence-electron chi connectivity index (χ3n) is 3.08. The van der Waals surface area contributed by atoms with E-state index in [1.807, 2.05) is 11.6 Å². The zero-order valence-corrected chi connectivity index (χ0v) is 13.7. The summed E-state index contributed by atoms with van der Waals surface area (Å²) in [6.45, 7) is 5.28. The molecule has 20 heavy (non-hydrogen) atoms. The van der Waals surface area contributed by atoms with Crippen LogP contribution in [0.15, 0.2) is 34.1 Å². The minimum Gasteiger partial charge on any atom is -0.496 e. The molecule has 0 amide bonds. The van der Waals surface area contributed by atoms with Crippen molar-refractivity contribution in [1.82, 2.24) is 10.3 Å². The summed E-state index contributed by atoms with van der Waals surface area (Å²) in [5, 5.41) is 5.44. The van der Waals surface area contributed by atoms with E-state index in [1.54, 1.807) is 30.2 Å². The molecular weight excluding hydrogens is 288 g/mol. The van der Waals surface area contributed by atoms with Crippen LogP contribution in [0.3, 0.4) is 0 Å². The highest BCUT2D eigenvalue weighted by Gasteiger charge is 2.10. The number of hydrogen-bond acceptors (Lipinski definition) is 5. The number of ether oxygens (including phenoxy) is 1. The molecule has 0 aliphatic carbocycles. The van der Waals surface area contributed by atoms with Crippen LogP contribution in [0, 0.1) is 0 Å². The second-order valence-electron chi connectivity index (χ2n) is 4.44. The van der Waals surface area contributed by atoms with Crippen LogP contribution in [0.5, 0.6) is 5.75 Å². The first-order valence-electron chi connectivity index (χ1n) is 6.67. The molecule has 0 bridgehead atoms. The molecule has 0 fully saturated rings. The van der Waals surface area contributed by atoms with Gasteiger partial charge in [-0.05, 0) is 31.2 Å². The molecule has 1 heterocycles. The number of aromatic nitrogens is 1. The molecule has 1 aromatic carbocycles. The molecule has 0 saturated heterocycles. The summed E-state index contributed by atoms with van der Waals surface area (Å²) in [6, 6.07) is 6.77. The number of benzene rings is 1. The quantitative estimate of drug-likeness (QED) is 0.780. The highest BCUT2D eigenvalue weighted by molar-refractivity contribution is 8.00. The van der Waals surface area contributed by atoms with Gasteiger partial charge in [0.25, 0.3) is 0 Å². The molecule has 1 aromatic heterocycles. The number of rotatable bonds is 7. The Hall–Kier alpha value is -1.04. The number of thiazole rings is 1. The average Bonchev–Trinajstić information content (AvgIpc) is 2.98. The van der Waals surface area contributed by atoms with Crippen molar-refractivity contribution in [3.8, 4) is 5.75 Å². The molecule has 2 rings (SSSR count). The first-order valence-corrected chi connectivity index (χ1v) is 8.53. The predicted octanol–water partition coefficient (Wildman–Crippen LogP) is 4.11. The summed E-state index contributed by atoms with van der Waals surface area (Å²) in [7, 11) is 1.72. The van der Waals surface area contributed by atoms with E-state index in [0.717, 1.165) is 22.4 Å². The van der Waals surface area contributed by atoms with Crippen LogP contribution in [0.1, 0.15) is 31.0 Å². The van der Waals surface area contributed by atoms with Crippen molar-refractivity contribution in [3.05, 3.63) is 40.9 Å². The summed E-state index contributed by atoms with van der Waals surface area (Å²) >= 11 is 3.42. The van der Waals surface area contributed by atoms with Gasteiger partial charge in [0.15, 0.2) is 0 Å². The van der Waals surface area contributed by atoms with E-state index < -0.39 is 0 Å². The first-order chi connectivity index (χ1) is 9.74. The summed E-state index contributed by atoms with van der Waals surface area (Å²) in [5.41, 5.74) is 2.51. The Balaban J connectivity index is 2.13. The Kier molecular flexibility index (Phi) is 5.88. The van der Waals surface area contributed by atoms with Gasteiger partial charge in [0.05, 0.1) is 7.11 Å². The van der Waals surface area contributed by atoms with Gasteiger partial charge in [-0.25, -0.2) is 4.98 Å². The lowest BCUT2D eigenvalue weighted by molar-refractivity contribution is 0.411. The minimum atomic E-state index is 0.356. The summed E-state index contributed by atoms with van der Waals surface area (Å²) in [4.78, 5) is 4.30. The Bertz CT molecular complexity index is 529. The van der Waals surface area contributed by atoms with Crippen molar-refractivity contribution >= 4 is 23.1 Å². The Morgan fingerprint density at radius 3 is 2.95 bits per heavy atom. The minimum absolute atomic E-state index is 0.356. The van der Waals surface area contributed by atoms with E-state index in [-0.39, 0.29) is 0 Å². The van der Waals surface area contributed by atoms with Crippen molar-refractivity contribution in [2.75, 3.05) is 13.7 Å². The number of hydrogen-bond donors (Lipinski definition) is 1. The average molecular weight is 308 g/mol. The lowest BCUT2D eigenvalue weighted by Crippen LogP contribution is -2.17. The SMILES string of the molecule is CCNC(C)c1ccc(OC)c(CSc2nccs2)c1. The highest BCUT2D eigenvalue weighted by atomic mass is 32.2. The number of methoxy groups -OCH3 is 1. The van der Waals surface area contributed by atoms with E-state index in [2.05, 4.69) is 42.3 Å². The topological polar surface area (TPSA) is 34.1 Å². The summed E-state index contributed by atoms with van der Waals surface area (Å²) < 4.78 is 6.55.